The SMILES string of the molecule is COCCS(=O)(=O)N1CC=C(C(C)C)C1. The Bertz CT molecular complexity index is 333. The Morgan fingerprint density at radius 3 is 2.67 bits per heavy atom. The van der Waals surface area contributed by atoms with Crippen LogP contribution in [0.2, 0.25) is 0 Å². The first-order chi connectivity index (χ1) is 6.97. The predicted molar refractivity (Wildman–Crippen MR) is 60.2 cm³/mol. The lowest BCUT2D eigenvalue weighted by Gasteiger charge is -2.17. The third-order valence-electron chi connectivity index (χ3n) is 2.60. The molecule has 0 bridgehead atoms. The van der Waals surface area contributed by atoms with E-state index in [1.165, 1.54) is 17.0 Å². The topological polar surface area (TPSA) is 46.6 Å². The summed E-state index contributed by atoms with van der Waals surface area (Å²) in [5.41, 5.74) is 1.20. The summed E-state index contributed by atoms with van der Waals surface area (Å²) in [6.07, 6.45) is 2.01. The van der Waals surface area contributed by atoms with E-state index in [2.05, 4.69) is 13.8 Å². The van der Waals surface area contributed by atoms with Gasteiger partial charge in [-0.1, -0.05) is 25.5 Å². The molecule has 0 aliphatic carbocycles. The van der Waals surface area contributed by atoms with Gasteiger partial charge in [0.05, 0.1) is 12.4 Å². The van der Waals surface area contributed by atoms with Crippen molar-refractivity contribution in [3.63, 3.8) is 0 Å². The van der Waals surface area contributed by atoms with Crippen molar-refractivity contribution in [1.82, 2.24) is 4.31 Å². The molecule has 1 aliphatic heterocycles. The highest BCUT2D eigenvalue weighted by molar-refractivity contribution is 7.89. The van der Waals surface area contributed by atoms with Gasteiger partial charge in [0.25, 0.3) is 0 Å². The van der Waals surface area contributed by atoms with Crippen LogP contribution in [0.15, 0.2) is 11.6 Å². The number of rotatable bonds is 5. The third kappa shape index (κ3) is 3.29. The average Bonchev–Trinajstić information content (AvgIpc) is 2.64. The highest BCUT2D eigenvalue weighted by Gasteiger charge is 2.26. The van der Waals surface area contributed by atoms with E-state index in [9.17, 15) is 8.42 Å². The van der Waals surface area contributed by atoms with Gasteiger partial charge in [-0.3, -0.25) is 0 Å². The first-order valence-corrected chi connectivity index (χ1v) is 6.74. The van der Waals surface area contributed by atoms with Gasteiger partial charge in [-0.15, -0.1) is 0 Å². The van der Waals surface area contributed by atoms with E-state index in [0.29, 0.717) is 19.0 Å². The zero-order valence-electron chi connectivity index (χ0n) is 9.56. The number of sulfonamides is 1. The second kappa shape index (κ2) is 5.09. The van der Waals surface area contributed by atoms with Crippen molar-refractivity contribution in [3.8, 4) is 0 Å². The molecule has 0 saturated heterocycles. The molecule has 0 spiro atoms. The van der Waals surface area contributed by atoms with Crippen LogP contribution in [0.3, 0.4) is 0 Å². The number of methoxy groups -OCH3 is 1. The first-order valence-electron chi connectivity index (χ1n) is 5.13. The number of hydrogen-bond donors (Lipinski definition) is 0. The average molecular weight is 233 g/mol. The van der Waals surface area contributed by atoms with Gasteiger partial charge in [-0.2, -0.15) is 4.31 Å². The van der Waals surface area contributed by atoms with Crippen LogP contribution in [-0.2, 0) is 14.8 Å². The molecule has 0 fully saturated rings. The quantitative estimate of drug-likeness (QED) is 0.662. The fraction of sp³-hybridized carbons (Fsp3) is 0.800. The summed E-state index contributed by atoms with van der Waals surface area (Å²) in [5.74, 6) is 0.496. The Kier molecular flexibility index (Phi) is 4.31. The lowest BCUT2D eigenvalue weighted by Crippen LogP contribution is -2.33. The molecule has 0 saturated carbocycles. The largest absolute Gasteiger partial charge is 0.384 e. The minimum absolute atomic E-state index is 0.0721. The summed E-state index contributed by atoms with van der Waals surface area (Å²) in [4.78, 5) is 0. The molecule has 15 heavy (non-hydrogen) atoms. The van der Waals surface area contributed by atoms with Gasteiger partial charge in [0.2, 0.25) is 10.0 Å². The van der Waals surface area contributed by atoms with Gasteiger partial charge in [0.15, 0.2) is 0 Å². The highest BCUT2D eigenvalue weighted by Crippen LogP contribution is 2.19. The number of hydrogen-bond acceptors (Lipinski definition) is 3. The molecule has 0 aromatic carbocycles. The maximum atomic E-state index is 11.8. The normalized spacial score (nSPS) is 18.5. The summed E-state index contributed by atoms with van der Waals surface area (Å²) in [6, 6.07) is 0. The molecule has 0 atom stereocenters. The smallest absolute Gasteiger partial charge is 0.216 e. The molecule has 0 unspecified atom stereocenters. The molecule has 4 nitrogen and oxygen atoms in total. The Morgan fingerprint density at radius 1 is 1.53 bits per heavy atom. The molecular formula is C10H19NO3S. The van der Waals surface area contributed by atoms with E-state index >= 15 is 0 Å². The van der Waals surface area contributed by atoms with E-state index in [-0.39, 0.29) is 12.4 Å². The first kappa shape index (κ1) is 12.7. The third-order valence-corrected chi connectivity index (χ3v) is 4.34. The molecule has 0 aromatic heterocycles. The van der Waals surface area contributed by atoms with Gasteiger partial charge >= 0.3 is 0 Å². The summed E-state index contributed by atoms with van der Waals surface area (Å²) < 4.78 is 29.8. The molecule has 1 aliphatic rings. The van der Waals surface area contributed by atoms with Crippen LogP contribution < -0.4 is 0 Å². The fourth-order valence-electron chi connectivity index (χ4n) is 1.50. The van der Waals surface area contributed by atoms with E-state index in [1.807, 2.05) is 6.08 Å². The summed E-state index contributed by atoms with van der Waals surface area (Å²) >= 11 is 0. The lowest BCUT2D eigenvalue weighted by molar-refractivity contribution is 0.216. The second-order valence-corrected chi connectivity index (χ2v) is 6.12. The van der Waals surface area contributed by atoms with Crippen LogP contribution in [0.5, 0.6) is 0 Å². The molecular weight excluding hydrogens is 214 g/mol. The van der Waals surface area contributed by atoms with Crippen molar-refractivity contribution in [2.75, 3.05) is 32.6 Å². The molecule has 0 N–H and O–H groups in total. The fourth-order valence-corrected chi connectivity index (χ4v) is 2.78. The van der Waals surface area contributed by atoms with Crippen molar-refractivity contribution in [3.05, 3.63) is 11.6 Å². The molecule has 0 aromatic rings. The summed E-state index contributed by atoms with van der Waals surface area (Å²) in [7, 11) is -1.62. The molecule has 0 amide bonds. The van der Waals surface area contributed by atoms with E-state index in [4.69, 9.17) is 4.74 Å². The minimum atomic E-state index is -3.13. The maximum absolute atomic E-state index is 11.8. The van der Waals surface area contributed by atoms with E-state index < -0.39 is 10.0 Å². The van der Waals surface area contributed by atoms with Crippen LogP contribution in [0.25, 0.3) is 0 Å². The molecule has 5 heteroatoms. The molecule has 1 heterocycles. The lowest BCUT2D eigenvalue weighted by atomic mass is 10.1. The monoisotopic (exact) mass is 233 g/mol. The summed E-state index contributed by atoms with van der Waals surface area (Å²) in [5, 5.41) is 0. The number of ether oxygens (including phenoxy) is 1. The molecule has 0 radical (unpaired) electrons. The number of nitrogens with zero attached hydrogens (tertiary/aromatic N) is 1. The van der Waals surface area contributed by atoms with Crippen LogP contribution in [-0.4, -0.2) is 45.3 Å². The highest BCUT2D eigenvalue weighted by atomic mass is 32.2. The van der Waals surface area contributed by atoms with Crippen molar-refractivity contribution >= 4 is 10.0 Å². The second-order valence-electron chi connectivity index (χ2n) is 4.04. The van der Waals surface area contributed by atoms with Crippen molar-refractivity contribution < 1.29 is 13.2 Å². The molecule has 88 valence electrons. The Labute approximate surface area is 92.0 Å². The zero-order valence-corrected chi connectivity index (χ0v) is 10.4. The van der Waals surface area contributed by atoms with Gasteiger partial charge in [0.1, 0.15) is 0 Å². The van der Waals surface area contributed by atoms with Crippen LogP contribution in [0, 0.1) is 5.92 Å². The van der Waals surface area contributed by atoms with Gasteiger partial charge < -0.3 is 4.74 Å². The van der Waals surface area contributed by atoms with Crippen LogP contribution in [0.1, 0.15) is 13.8 Å². The Morgan fingerprint density at radius 2 is 2.20 bits per heavy atom. The van der Waals surface area contributed by atoms with Crippen molar-refractivity contribution in [2.24, 2.45) is 5.92 Å². The van der Waals surface area contributed by atoms with Crippen molar-refractivity contribution in [1.29, 1.82) is 0 Å². The minimum Gasteiger partial charge on any atom is -0.384 e. The van der Waals surface area contributed by atoms with Crippen LogP contribution >= 0.6 is 0 Å². The Balaban J connectivity index is 2.55. The van der Waals surface area contributed by atoms with E-state index in [0.717, 1.165) is 0 Å². The molecule has 1 rings (SSSR count). The summed E-state index contributed by atoms with van der Waals surface area (Å²) in [6.45, 7) is 5.48. The maximum Gasteiger partial charge on any atom is 0.216 e. The van der Waals surface area contributed by atoms with Gasteiger partial charge in [0, 0.05) is 20.2 Å². The Hall–Kier alpha value is -0.390. The predicted octanol–water partition coefficient (Wildman–Crippen LogP) is 0.861. The van der Waals surface area contributed by atoms with Gasteiger partial charge in [-0.25, -0.2) is 8.42 Å². The zero-order chi connectivity index (χ0) is 11.5. The van der Waals surface area contributed by atoms with Gasteiger partial charge in [-0.05, 0) is 5.92 Å². The standard InChI is InChI=1S/C10H19NO3S/c1-9(2)10-4-5-11(8-10)15(12,13)7-6-14-3/h4,9H,5-8H2,1-3H3. The van der Waals surface area contributed by atoms with Crippen molar-refractivity contribution in [2.45, 2.75) is 13.8 Å². The van der Waals surface area contributed by atoms with E-state index in [1.54, 1.807) is 0 Å². The van der Waals surface area contributed by atoms with Crippen LogP contribution in [0.4, 0.5) is 0 Å².